The molecule has 0 saturated carbocycles. The van der Waals surface area contributed by atoms with Gasteiger partial charge in [-0.2, -0.15) is 13.2 Å². The topological polar surface area (TPSA) is 98.1 Å². The molecule has 1 atom stereocenters. The van der Waals surface area contributed by atoms with Gasteiger partial charge in [-0.15, -0.1) is 0 Å². The number of aromatic nitrogens is 1. The summed E-state index contributed by atoms with van der Waals surface area (Å²) in [5.74, 6) is -1.13. The molecule has 1 unspecified atom stereocenters. The Kier molecular flexibility index (Phi) is 9.72. The van der Waals surface area contributed by atoms with Crippen LogP contribution in [0.3, 0.4) is 0 Å². The number of rotatable bonds is 11. The van der Waals surface area contributed by atoms with E-state index < -0.39 is 23.8 Å². The van der Waals surface area contributed by atoms with Crippen molar-refractivity contribution in [1.82, 2.24) is 4.98 Å². The highest BCUT2D eigenvalue weighted by atomic mass is 35.5. The van der Waals surface area contributed by atoms with Gasteiger partial charge in [0.25, 0.3) is 0 Å². The Labute approximate surface area is 199 Å². The maximum Gasteiger partial charge on any atom is 0.417 e. The SMILES string of the molecule is CC/C(=C\c1ccc(OCC(O)COC(C)C)cc1Oc1ncc(C(F)(F)F)cc1Cl)C(=O)O. The van der Waals surface area contributed by atoms with E-state index in [1.807, 2.05) is 13.8 Å². The molecule has 1 aromatic carbocycles. The number of aliphatic hydroxyl groups excluding tert-OH is 1. The van der Waals surface area contributed by atoms with Crippen LogP contribution in [0.5, 0.6) is 17.4 Å². The highest BCUT2D eigenvalue weighted by Crippen LogP contribution is 2.37. The first-order valence-corrected chi connectivity index (χ1v) is 10.7. The summed E-state index contributed by atoms with van der Waals surface area (Å²) in [5, 5.41) is 18.9. The Hall–Kier alpha value is -2.82. The second-order valence-electron chi connectivity index (χ2n) is 7.49. The largest absolute Gasteiger partial charge is 0.491 e. The van der Waals surface area contributed by atoms with E-state index in [2.05, 4.69) is 4.98 Å². The Morgan fingerprint density at radius 2 is 1.94 bits per heavy atom. The van der Waals surface area contributed by atoms with Gasteiger partial charge in [0.15, 0.2) is 0 Å². The molecular formula is C23H25ClF3NO6. The van der Waals surface area contributed by atoms with E-state index >= 15 is 0 Å². The predicted molar refractivity (Wildman–Crippen MR) is 119 cm³/mol. The van der Waals surface area contributed by atoms with E-state index in [1.54, 1.807) is 6.92 Å². The van der Waals surface area contributed by atoms with Gasteiger partial charge in [-0.1, -0.05) is 18.5 Å². The number of carboxylic acid groups (broad SMARTS) is 1. The molecule has 2 aromatic rings. The lowest BCUT2D eigenvalue weighted by molar-refractivity contribution is -0.138. The number of carboxylic acids is 1. The van der Waals surface area contributed by atoms with Crippen LogP contribution in [0.4, 0.5) is 13.2 Å². The molecule has 0 saturated heterocycles. The molecule has 11 heteroatoms. The van der Waals surface area contributed by atoms with Gasteiger partial charge in [-0.3, -0.25) is 0 Å². The van der Waals surface area contributed by atoms with Gasteiger partial charge >= 0.3 is 12.1 Å². The number of aliphatic hydroxyl groups is 1. The maximum absolute atomic E-state index is 12.9. The standard InChI is InChI=1S/C23H25ClF3NO6/c1-4-14(22(30)31)7-15-5-6-18(33-12-17(29)11-32-13(2)3)9-20(15)34-21-19(24)8-16(10-28-21)23(25,26)27/h5-10,13,17,29H,4,11-12H2,1-3H3,(H,30,31)/b14-7+. The molecule has 1 heterocycles. The zero-order valence-corrected chi connectivity index (χ0v) is 19.5. The highest BCUT2D eigenvalue weighted by Gasteiger charge is 2.32. The molecule has 34 heavy (non-hydrogen) atoms. The average molecular weight is 504 g/mol. The van der Waals surface area contributed by atoms with Crippen LogP contribution in [0.2, 0.25) is 5.02 Å². The van der Waals surface area contributed by atoms with Crippen LogP contribution < -0.4 is 9.47 Å². The third kappa shape index (κ3) is 8.19. The Bertz CT molecular complexity index is 1030. The molecule has 0 aliphatic carbocycles. The Morgan fingerprint density at radius 3 is 2.50 bits per heavy atom. The fourth-order valence-electron chi connectivity index (χ4n) is 2.62. The maximum atomic E-state index is 12.9. The predicted octanol–water partition coefficient (Wildman–Crippen LogP) is 5.59. The highest BCUT2D eigenvalue weighted by molar-refractivity contribution is 6.31. The average Bonchev–Trinajstić information content (AvgIpc) is 2.75. The molecule has 0 aliphatic rings. The molecule has 0 aliphatic heterocycles. The third-order valence-electron chi connectivity index (χ3n) is 4.38. The number of halogens is 4. The Morgan fingerprint density at radius 1 is 1.24 bits per heavy atom. The molecular weight excluding hydrogens is 479 g/mol. The monoisotopic (exact) mass is 503 g/mol. The fraction of sp³-hybridized carbons (Fsp3) is 0.391. The number of pyridine rings is 1. The summed E-state index contributed by atoms with van der Waals surface area (Å²) in [6.07, 6.45) is -3.44. The van der Waals surface area contributed by atoms with Crippen LogP contribution in [0.15, 0.2) is 36.0 Å². The number of alkyl halides is 3. The number of benzene rings is 1. The molecule has 2 N–H and O–H groups in total. The van der Waals surface area contributed by atoms with Gasteiger partial charge in [0.2, 0.25) is 5.88 Å². The zero-order chi connectivity index (χ0) is 25.5. The summed E-state index contributed by atoms with van der Waals surface area (Å²) < 4.78 is 55.2. The van der Waals surface area contributed by atoms with Crippen LogP contribution in [0.1, 0.15) is 38.3 Å². The van der Waals surface area contributed by atoms with Crippen molar-refractivity contribution in [2.24, 2.45) is 0 Å². The van der Waals surface area contributed by atoms with Gasteiger partial charge in [-0.25, -0.2) is 9.78 Å². The van der Waals surface area contributed by atoms with Crippen molar-refractivity contribution in [2.45, 2.75) is 45.6 Å². The van der Waals surface area contributed by atoms with E-state index in [4.69, 9.17) is 25.8 Å². The number of aliphatic carboxylic acids is 1. The molecule has 0 amide bonds. The molecule has 0 bridgehead atoms. The van der Waals surface area contributed by atoms with Crippen LogP contribution in [0.25, 0.3) is 6.08 Å². The van der Waals surface area contributed by atoms with Crippen molar-refractivity contribution < 1.29 is 42.4 Å². The lowest BCUT2D eigenvalue weighted by Crippen LogP contribution is -2.25. The first-order valence-electron chi connectivity index (χ1n) is 10.3. The summed E-state index contributed by atoms with van der Waals surface area (Å²) in [7, 11) is 0. The van der Waals surface area contributed by atoms with Crippen LogP contribution in [-0.4, -0.2) is 46.6 Å². The van der Waals surface area contributed by atoms with Gasteiger partial charge in [0.1, 0.15) is 29.2 Å². The first kappa shape index (κ1) is 27.4. The van der Waals surface area contributed by atoms with Crippen molar-refractivity contribution in [3.05, 3.63) is 52.2 Å². The molecule has 0 radical (unpaired) electrons. The van der Waals surface area contributed by atoms with E-state index in [1.165, 1.54) is 24.3 Å². The molecule has 0 fully saturated rings. The van der Waals surface area contributed by atoms with Crippen LogP contribution >= 0.6 is 11.6 Å². The van der Waals surface area contributed by atoms with Gasteiger partial charge in [0.05, 0.1) is 18.3 Å². The molecule has 2 rings (SSSR count). The number of nitrogens with zero attached hydrogens (tertiary/aromatic N) is 1. The Balaban J connectivity index is 2.35. The minimum absolute atomic E-state index is 0.0479. The number of ether oxygens (including phenoxy) is 3. The van der Waals surface area contributed by atoms with Gasteiger partial charge < -0.3 is 24.4 Å². The normalized spacial score (nSPS) is 13.1. The lowest BCUT2D eigenvalue weighted by atomic mass is 10.1. The van der Waals surface area contributed by atoms with E-state index in [-0.39, 0.29) is 53.7 Å². The quantitative estimate of drug-likeness (QED) is 0.386. The lowest BCUT2D eigenvalue weighted by Gasteiger charge is -2.16. The fourth-order valence-corrected chi connectivity index (χ4v) is 2.82. The minimum Gasteiger partial charge on any atom is -0.491 e. The van der Waals surface area contributed by atoms with Crippen LogP contribution in [-0.2, 0) is 15.7 Å². The summed E-state index contributed by atoms with van der Waals surface area (Å²) in [6.45, 7) is 5.27. The molecule has 7 nitrogen and oxygen atoms in total. The summed E-state index contributed by atoms with van der Waals surface area (Å²) in [5.41, 5.74) is -0.655. The molecule has 1 aromatic heterocycles. The first-order chi connectivity index (χ1) is 15.9. The van der Waals surface area contributed by atoms with Crippen molar-refractivity contribution in [3.8, 4) is 17.4 Å². The van der Waals surface area contributed by atoms with Gasteiger partial charge in [0, 0.05) is 23.4 Å². The van der Waals surface area contributed by atoms with Gasteiger partial charge in [-0.05, 0) is 44.5 Å². The zero-order valence-electron chi connectivity index (χ0n) is 18.7. The van der Waals surface area contributed by atoms with Crippen molar-refractivity contribution in [1.29, 1.82) is 0 Å². The number of carbonyl (C=O) groups is 1. The van der Waals surface area contributed by atoms with Crippen molar-refractivity contribution in [2.75, 3.05) is 13.2 Å². The summed E-state index contributed by atoms with van der Waals surface area (Å²) >= 11 is 5.95. The molecule has 186 valence electrons. The number of hydrogen-bond acceptors (Lipinski definition) is 6. The van der Waals surface area contributed by atoms with Crippen molar-refractivity contribution >= 4 is 23.6 Å². The second-order valence-corrected chi connectivity index (χ2v) is 7.89. The van der Waals surface area contributed by atoms with E-state index in [0.29, 0.717) is 17.8 Å². The molecule has 0 spiro atoms. The smallest absolute Gasteiger partial charge is 0.417 e. The van der Waals surface area contributed by atoms with E-state index in [0.717, 1.165) is 0 Å². The third-order valence-corrected chi connectivity index (χ3v) is 4.65. The summed E-state index contributed by atoms with van der Waals surface area (Å²) in [4.78, 5) is 15.1. The summed E-state index contributed by atoms with van der Waals surface area (Å²) in [6, 6.07) is 5.12. The number of hydrogen-bond donors (Lipinski definition) is 2. The second kappa shape index (κ2) is 12.0. The van der Waals surface area contributed by atoms with Crippen molar-refractivity contribution in [3.63, 3.8) is 0 Å². The van der Waals surface area contributed by atoms with Crippen LogP contribution in [0, 0.1) is 0 Å². The van der Waals surface area contributed by atoms with E-state index in [9.17, 15) is 28.2 Å². The minimum atomic E-state index is -4.63.